The highest BCUT2D eigenvalue weighted by Crippen LogP contribution is 2.24. The summed E-state index contributed by atoms with van der Waals surface area (Å²) < 4.78 is 10.4. The molecule has 1 atom stereocenters. The second kappa shape index (κ2) is 3.82. The van der Waals surface area contributed by atoms with Gasteiger partial charge < -0.3 is 14.9 Å². The molecule has 74 valence electrons. The van der Waals surface area contributed by atoms with Crippen molar-refractivity contribution in [3.63, 3.8) is 0 Å². The standard InChI is InChI=1S/C11H13NO2/c1-13-7-10(12)9-6-14-11-5-3-2-4-8(9)11/h2-6,10H,7,12H2,1H3/t10-/m1/s1. The fourth-order valence-electron chi connectivity index (χ4n) is 1.55. The molecule has 1 aromatic heterocycles. The Hall–Kier alpha value is -1.32. The normalized spacial score (nSPS) is 13.3. The summed E-state index contributed by atoms with van der Waals surface area (Å²) in [5, 5.41) is 1.07. The van der Waals surface area contributed by atoms with Gasteiger partial charge in [0.2, 0.25) is 0 Å². The molecule has 3 nitrogen and oxygen atoms in total. The van der Waals surface area contributed by atoms with Gasteiger partial charge in [-0.15, -0.1) is 0 Å². The molecular weight excluding hydrogens is 178 g/mol. The van der Waals surface area contributed by atoms with Crippen LogP contribution in [-0.2, 0) is 4.74 Å². The molecule has 14 heavy (non-hydrogen) atoms. The van der Waals surface area contributed by atoms with E-state index >= 15 is 0 Å². The molecule has 0 fully saturated rings. The van der Waals surface area contributed by atoms with E-state index in [0.29, 0.717) is 6.61 Å². The van der Waals surface area contributed by atoms with Gasteiger partial charge in [-0.05, 0) is 6.07 Å². The monoisotopic (exact) mass is 191 g/mol. The molecule has 3 heteroatoms. The first kappa shape index (κ1) is 9.24. The Labute approximate surface area is 82.5 Å². The van der Waals surface area contributed by atoms with E-state index in [1.54, 1.807) is 13.4 Å². The largest absolute Gasteiger partial charge is 0.464 e. The Bertz CT molecular complexity index is 422. The van der Waals surface area contributed by atoms with Gasteiger partial charge >= 0.3 is 0 Å². The third kappa shape index (κ3) is 1.52. The number of methoxy groups -OCH3 is 1. The Morgan fingerprint density at radius 1 is 1.43 bits per heavy atom. The molecule has 0 bridgehead atoms. The average molecular weight is 191 g/mol. The molecule has 0 amide bonds. The molecule has 0 unspecified atom stereocenters. The zero-order valence-electron chi connectivity index (χ0n) is 8.07. The summed E-state index contributed by atoms with van der Waals surface area (Å²) in [7, 11) is 1.64. The van der Waals surface area contributed by atoms with Gasteiger partial charge in [0, 0.05) is 18.1 Å². The summed E-state index contributed by atoms with van der Waals surface area (Å²) in [6.45, 7) is 0.503. The van der Waals surface area contributed by atoms with Crippen LogP contribution in [0.3, 0.4) is 0 Å². The quantitative estimate of drug-likeness (QED) is 0.808. The number of furan rings is 1. The van der Waals surface area contributed by atoms with Crippen LogP contribution in [0.5, 0.6) is 0 Å². The second-order valence-corrected chi connectivity index (χ2v) is 3.25. The van der Waals surface area contributed by atoms with E-state index in [0.717, 1.165) is 16.5 Å². The van der Waals surface area contributed by atoms with E-state index in [1.807, 2.05) is 24.3 Å². The molecule has 0 saturated heterocycles. The number of fused-ring (bicyclic) bond motifs is 1. The Balaban J connectivity index is 2.42. The smallest absolute Gasteiger partial charge is 0.134 e. The maximum Gasteiger partial charge on any atom is 0.134 e. The number of para-hydroxylation sites is 1. The summed E-state index contributed by atoms with van der Waals surface area (Å²) in [6.07, 6.45) is 1.70. The minimum Gasteiger partial charge on any atom is -0.464 e. The lowest BCUT2D eigenvalue weighted by molar-refractivity contribution is 0.181. The number of rotatable bonds is 3. The van der Waals surface area contributed by atoms with E-state index < -0.39 is 0 Å². The van der Waals surface area contributed by atoms with Crippen LogP contribution in [-0.4, -0.2) is 13.7 Å². The van der Waals surface area contributed by atoms with E-state index in [1.165, 1.54) is 0 Å². The zero-order valence-corrected chi connectivity index (χ0v) is 8.07. The highest BCUT2D eigenvalue weighted by atomic mass is 16.5. The lowest BCUT2D eigenvalue weighted by Gasteiger charge is -2.07. The molecule has 2 N–H and O–H groups in total. The second-order valence-electron chi connectivity index (χ2n) is 3.25. The molecule has 0 aliphatic rings. The van der Waals surface area contributed by atoms with Crippen LogP contribution in [0, 0.1) is 0 Å². The van der Waals surface area contributed by atoms with Crippen molar-refractivity contribution in [1.82, 2.24) is 0 Å². The average Bonchev–Trinajstić information content (AvgIpc) is 2.61. The Morgan fingerprint density at radius 2 is 2.21 bits per heavy atom. The molecular formula is C11H13NO2. The highest BCUT2D eigenvalue weighted by Gasteiger charge is 2.12. The van der Waals surface area contributed by atoms with Crippen LogP contribution in [0.2, 0.25) is 0 Å². The fraction of sp³-hybridized carbons (Fsp3) is 0.273. The van der Waals surface area contributed by atoms with Gasteiger partial charge in [0.25, 0.3) is 0 Å². The van der Waals surface area contributed by atoms with Crippen LogP contribution in [0.25, 0.3) is 11.0 Å². The van der Waals surface area contributed by atoms with Crippen LogP contribution < -0.4 is 5.73 Å². The maximum absolute atomic E-state index is 5.93. The first-order valence-electron chi connectivity index (χ1n) is 4.53. The predicted octanol–water partition coefficient (Wildman–Crippen LogP) is 2.08. The molecule has 0 saturated carbocycles. The van der Waals surface area contributed by atoms with Gasteiger partial charge in [-0.25, -0.2) is 0 Å². The van der Waals surface area contributed by atoms with Gasteiger partial charge in [0.05, 0.1) is 18.9 Å². The van der Waals surface area contributed by atoms with Crippen molar-refractivity contribution in [2.24, 2.45) is 5.73 Å². The Kier molecular flexibility index (Phi) is 2.52. The summed E-state index contributed by atoms with van der Waals surface area (Å²) in [4.78, 5) is 0. The number of benzene rings is 1. The summed E-state index contributed by atoms with van der Waals surface area (Å²) in [5.74, 6) is 0. The topological polar surface area (TPSA) is 48.4 Å². The Morgan fingerprint density at radius 3 is 3.00 bits per heavy atom. The molecule has 2 rings (SSSR count). The van der Waals surface area contributed by atoms with Crippen molar-refractivity contribution in [2.45, 2.75) is 6.04 Å². The van der Waals surface area contributed by atoms with Gasteiger partial charge in [-0.2, -0.15) is 0 Å². The lowest BCUT2D eigenvalue weighted by atomic mass is 10.1. The highest BCUT2D eigenvalue weighted by molar-refractivity contribution is 5.81. The predicted molar refractivity (Wildman–Crippen MR) is 55.0 cm³/mol. The van der Waals surface area contributed by atoms with E-state index in [9.17, 15) is 0 Å². The fourth-order valence-corrected chi connectivity index (χ4v) is 1.55. The molecule has 0 spiro atoms. The number of hydrogen-bond acceptors (Lipinski definition) is 3. The minimum atomic E-state index is -0.122. The van der Waals surface area contributed by atoms with Gasteiger partial charge in [-0.3, -0.25) is 0 Å². The van der Waals surface area contributed by atoms with Gasteiger partial charge in [0.15, 0.2) is 0 Å². The number of hydrogen-bond donors (Lipinski definition) is 1. The molecule has 0 aliphatic carbocycles. The zero-order chi connectivity index (χ0) is 9.97. The van der Waals surface area contributed by atoms with Crippen LogP contribution in [0.15, 0.2) is 34.9 Å². The molecule has 1 aromatic carbocycles. The van der Waals surface area contributed by atoms with Gasteiger partial charge in [-0.1, -0.05) is 18.2 Å². The first-order valence-corrected chi connectivity index (χ1v) is 4.53. The third-order valence-electron chi connectivity index (χ3n) is 2.26. The van der Waals surface area contributed by atoms with E-state index in [2.05, 4.69) is 0 Å². The van der Waals surface area contributed by atoms with Crippen LogP contribution in [0.1, 0.15) is 11.6 Å². The van der Waals surface area contributed by atoms with E-state index in [4.69, 9.17) is 14.9 Å². The first-order chi connectivity index (χ1) is 6.83. The van der Waals surface area contributed by atoms with Crippen molar-refractivity contribution in [2.75, 3.05) is 13.7 Å². The number of nitrogens with two attached hydrogens (primary N) is 1. The van der Waals surface area contributed by atoms with Crippen molar-refractivity contribution in [1.29, 1.82) is 0 Å². The number of ether oxygens (including phenoxy) is 1. The van der Waals surface area contributed by atoms with Crippen LogP contribution >= 0.6 is 0 Å². The molecule has 0 aliphatic heterocycles. The minimum absolute atomic E-state index is 0.122. The van der Waals surface area contributed by atoms with Crippen molar-refractivity contribution in [3.05, 3.63) is 36.1 Å². The lowest BCUT2D eigenvalue weighted by Crippen LogP contribution is -2.15. The third-order valence-corrected chi connectivity index (χ3v) is 2.26. The van der Waals surface area contributed by atoms with Crippen LogP contribution in [0.4, 0.5) is 0 Å². The summed E-state index contributed by atoms with van der Waals surface area (Å²) >= 11 is 0. The van der Waals surface area contributed by atoms with Crippen molar-refractivity contribution in [3.8, 4) is 0 Å². The molecule has 2 aromatic rings. The van der Waals surface area contributed by atoms with E-state index in [-0.39, 0.29) is 6.04 Å². The SMILES string of the molecule is COC[C@@H](N)c1coc2ccccc12. The molecule has 0 radical (unpaired) electrons. The van der Waals surface area contributed by atoms with Gasteiger partial charge in [0.1, 0.15) is 5.58 Å². The maximum atomic E-state index is 5.93. The summed E-state index contributed by atoms with van der Waals surface area (Å²) in [5.41, 5.74) is 7.80. The molecule has 1 heterocycles. The van der Waals surface area contributed by atoms with Crippen molar-refractivity contribution >= 4 is 11.0 Å². The van der Waals surface area contributed by atoms with Crippen molar-refractivity contribution < 1.29 is 9.15 Å². The summed E-state index contributed by atoms with van der Waals surface area (Å²) in [6, 6.07) is 7.73.